The van der Waals surface area contributed by atoms with E-state index in [0.717, 1.165) is 6.07 Å². The van der Waals surface area contributed by atoms with Crippen LogP contribution in [-0.4, -0.2) is 23.2 Å². The largest absolute Gasteiger partial charge is 0.398 e. The van der Waals surface area contributed by atoms with Crippen LogP contribution in [0.4, 0.5) is 10.1 Å². The lowest BCUT2D eigenvalue weighted by Crippen LogP contribution is -2.26. The molecule has 0 spiro atoms. The predicted molar refractivity (Wildman–Crippen MR) is 70.5 cm³/mol. The van der Waals surface area contributed by atoms with E-state index < -0.39 is 20.7 Å². The van der Waals surface area contributed by atoms with Crippen molar-refractivity contribution in [3.05, 3.63) is 36.2 Å². The number of hydrogen-bond donors (Lipinski definition) is 2. The topological polar surface area (TPSA) is 103 Å². The van der Waals surface area contributed by atoms with E-state index >= 15 is 0 Å². The van der Waals surface area contributed by atoms with Crippen molar-refractivity contribution in [3.63, 3.8) is 0 Å². The van der Waals surface area contributed by atoms with E-state index in [9.17, 15) is 12.8 Å². The van der Waals surface area contributed by atoms with Gasteiger partial charge < -0.3 is 10.3 Å². The number of rotatable bonds is 5. The van der Waals surface area contributed by atoms with Crippen molar-refractivity contribution in [2.45, 2.75) is 24.9 Å². The molecule has 1 aromatic heterocycles. The SMILES string of the molecule is CCn1cnnc1CNS(=O)(=O)c1c(N)cccc1F. The molecule has 0 atom stereocenters. The number of aryl methyl sites for hydroxylation is 1. The molecule has 20 heavy (non-hydrogen) atoms. The van der Waals surface area contributed by atoms with Crippen LogP contribution in [0, 0.1) is 5.82 Å². The van der Waals surface area contributed by atoms with Crippen molar-refractivity contribution in [1.82, 2.24) is 19.5 Å². The number of nitrogens with one attached hydrogen (secondary N) is 1. The molecule has 0 unspecified atom stereocenters. The third-order valence-electron chi connectivity index (χ3n) is 2.72. The number of benzene rings is 1. The second kappa shape index (κ2) is 5.55. The summed E-state index contributed by atoms with van der Waals surface area (Å²) in [5.74, 6) is -0.458. The van der Waals surface area contributed by atoms with Crippen LogP contribution in [-0.2, 0) is 23.1 Å². The number of halogens is 1. The molecule has 0 saturated heterocycles. The Morgan fingerprint density at radius 1 is 1.45 bits per heavy atom. The average molecular weight is 299 g/mol. The minimum Gasteiger partial charge on any atom is -0.398 e. The third kappa shape index (κ3) is 2.78. The predicted octanol–water partition coefficient (Wildman–Crippen LogP) is 0.498. The van der Waals surface area contributed by atoms with Gasteiger partial charge in [0.2, 0.25) is 10.0 Å². The first-order chi connectivity index (χ1) is 9.45. The highest BCUT2D eigenvalue weighted by Crippen LogP contribution is 2.21. The molecule has 0 bridgehead atoms. The number of aromatic nitrogens is 3. The molecule has 0 aliphatic carbocycles. The van der Waals surface area contributed by atoms with Crippen molar-refractivity contribution in [2.24, 2.45) is 0 Å². The zero-order valence-corrected chi connectivity index (χ0v) is 11.6. The smallest absolute Gasteiger partial charge is 0.245 e. The van der Waals surface area contributed by atoms with Crippen molar-refractivity contribution in [2.75, 3.05) is 5.73 Å². The molecule has 0 aliphatic heterocycles. The van der Waals surface area contributed by atoms with Crippen LogP contribution in [0.3, 0.4) is 0 Å². The summed E-state index contributed by atoms with van der Waals surface area (Å²) in [6.45, 7) is 2.38. The van der Waals surface area contributed by atoms with Crippen molar-refractivity contribution < 1.29 is 12.8 Å². The standard InChI is InChI=1S/C11H14FN5O2S/c1-2-17-7-14-16-10(17)6-15-20(18,19)11-8(12)4-3-5-9(11)13/h3-5,7,15H,2,6,13H2,1H3. The highest BCUT2D eigenvalue weighted by atomic mass is 32.2. The molecule has 1 aromatic carbocycles. The number of sulfonamides is 1. The van der Waals surface area contributed by atoms with E-state index in [1.807, 2.05) is 6.92 Å². The maximum atomic E-state index is 13.6. The lowest BCUT2D eigenvalue weighted by molar-refractivity contribution is 0.554. The second-order valence-electron chi connectivity index (χ2n) is 4.02. The molecular formula is C11H14FN5O2S. The zero-order chi connectivity index (χ0) is 14.8. The van der Waals surface area contributed by atoms with Crippen LogP contribution in [0.1, 0.15) is 12.7 Å². The number of nitrogens with zero attached hydrogens (tertiary/aromatic N) is 3. The van der Waals surface area contributed by atoms with Crippen LogP contribution in [0.5, 0.6) is 0 Å². The summed E-state index contributed by atoms with van der Waals surface area (Å²) in [7, 11) is -4.05. The van der Waals surface area contributed by atoms with Gasteiger partial charge in [-0.1, -0.05) is 6.07 Å². The van der Waals surface area contributed by atoms with E-state index in [2.05, 4.69) is 14.9 Å². The number of nitrogen functional groups attached to an aromatic ring is 1. The molecule has 0 amide bonds. The van der Waals surface area contributed by atoms with Crippen LogP contribution in [0.2, 0.25) is 0 Å². The fraction of sp³-hybridized carbons (Fsp3) is 0.273. The Bertz CT molecular complexity index is 693. The lowest BCUT2D eigenvalue weighted by Gasteiger charge is -2.10. The summed E-state index contributed by atoms with van der Waals surface area (Å²) < 4.78 is 41.7. The van der Waals surface area contributed by atoms with Gasteiger partial charge in [0.25, 0.3) is 0 Å². The van der Waals surface area contributed by atoms with Crippen LogP contribution < -0.4 is 10.5 Å². The summed E-state index contributed by atoms with van der Waals surface area (Å²) in [6, 6.07) is 3.71. The maximum absolute atomic E-state index is 13.6. The summed E-state index contributed by atoms with van der Waals surface area (Å²) >= 11 is 0. The molecule has 108 valence electrons. The fourth-order valence-electron chi connectivity index (χ4n) is 1.72. The van der Waals surface area contributed by atoms with Crippen LogP contribution in [0.15, 0.2) is 29.4 Å². The highest BCUT2D eigenvalue weighted by Gasteiger charge is 2.22. The molecule has 2 aromatic rings. The van der Waals surface area contributed by atoms with Gasteiger partial charge in [0.15, 0.2) is 0 Å². The lowest BCUT2D eigenvalue weighted by atomic mass is 10.3. The Labute approximate surface area is 115 Å². The van der Waals surface area contributed by atoms with Gasteiger partial charge >= 0.3 is 0 Å². The molecule has 7 nitrogen and oxygen atoms in total. The van der Waals surface area contributed by atoms with E-state index in [4.69, 9.17) is 5.73 Å². The van der Waals surface area contributed by atoms with Gasteiger partial charge in [-0.15, -0.1) is 10.2 Å². The molecule has 0 aliphatic rings. The maximum Gasteiger partial charge on any atom is 0.245 e. The molecule has 0 fully saturated rings. The number of hydrogen-bond acceptors (Lipinski definition) is 5. The van der Waals surface area contributed by atoms with Gasteiger partial charge in [-0.05, 0) is 19.1 Å². The Hall–Kier alpha value is -2.00. The first-order valence-electron chi connectivity index (χ1n) is 5.86. The van der Waals surface area contributed by atoms with E-state index in [1.54, 1.807) is 4.57 Å². The monoisotopic (exact) mass is 299 g/mol. The Balaban J connectivity index is 2.24. The molecular weight excluding hydrogens is 285 g/mol. The second-order valence-corrected chi connectivity index (χ2v) is 5.72. The third-order valence-corrected chi connectivity index (χ3v) is 4.22. The molecule has 0 saturated carbocycles. The van der Waals surface area contributed by atoms with E-state index in [0.29, 0.717) is 12.4 Å². The minimum absolute atomic E-state index is 0.0933. The van der Waals surface area contributed by atoms with Gasteiger partial charge in [0.05, 0.1) is 12.2 Å². The van der Waals surface area contributed by atoms with Gasteiger partial charge in [0, 0.05) is 6.54 Å². The number of anilines is 1. The van der Waals surface area contributed by atoms with Gasteiger partial charge in [-0.3, -0.25) is 0 Å². The molecule has 0 radical (unpaired) electrons. The zero-order valence-electron chi connectivity index (χ0n) is 10.7. The highest BCUT2D eigenvalue weighted by molar-refractivity contribution is 7.89. The molecule has 9 heteroatoms. The van der Waals surface area contributed by atoms with Gasteiger partial charge in [-0.25, -0.2) is 17.5 Å². The number of nitrogens with two attached hydrogens (primary N) is 1. The van der Waals surface area contributed by atoms with Gasteiger partial charge in [-0.2, -0.15) is 0 Å². The van der Waals surface area contributed by atoms with Gasteiger partial charge in [0.1, 0.15) is 22.9 Å². The minimum atomic E-state index is -4.05. The summed E-state index contributed by atoms with van der Waals surface area (Å²) in [6.07, 6.45) is 1.49. The molecule has 1 heterocycles. The van der Waals surface area contributed by atoms with Crippen molar-refractivity contribution in [1.29, 1.82) is 0 Å². The fourth-order valence-corrected chi connectivity index (χ4v) is 2.89. The Morgan fingerprint density at radius 3 is 2.85 bits per heavy atom. The normalized spacial score (nSPS) is 11.7. The summed E-state index contributed by atoms with van der Waals surface area (Å²) in [5.41, 5.74) is 5.38. The average Bonchev–Trinajstić information content (AvgIpc) is 2.83. The van der Waals surface area contributed by atoms with E-state index in [1.165, 1.54) is 18.5 Å². The first kappa shape index (κ1) is 14.4. The van der Waals surface area contributed by atoms with Crippen LogP contribution >= 0.6 is 0 Å². The van der Waals surface area contributed by atoms with Crippen molar-refractivity contribution >= 4 is 15.7 Å². The van der Waals surface area contributed by atoms with Crippen molar-refractivity contribution in [3.8, 4) is 0 Å². The van der Waals surface area contributed by atoms with E-state index in [-0.39, 0.29) is 12.2 Å². The quantitative estimate of drug-likeness (QED) is 0.782. The summed E-state index contributed by atoms with van der Waals surface area (Å²) in [5, 5.41) is 7.47. The first-order valence-corrected chi connectivity index (χ1v) is 7.34. The summed E-state index contributed by atoms with van der Waals surface area (Å²) in [4.78, 5) is -0.553. The molecule has 2 rings (SSSR count). The van der Waals surface area contributed by atoms with Crippen LogP contribution in [0.25, 0.3) is 0 Å². The molecule has 3 N–H and O–H groups in total. The Kier molecular flexibility index (Phi) is 4.00. The Morgan fingerprint density at radius 2 is 2.20 bits per heavy atom.